The van der Waals surface area contributed by atoms with Crippen LogP contribution in [0.5, 0.6) is 0 Å². The average molecular weight is 281 g/mol. The summed E-state index contributed by atoms with van der Waals surface area (Å²) in [7, 11) is 0. The lowest BCUT2D eigenvalue weighted by molar-refractivity contribution is 0.100. The third-order valence-electron chi connectivity index (χ3n) is 3.96. The van der Waals surface area contributed by atoms with Gasteiger partial charge in [0.05, 0.1) is 5.69 Å². The largest absolute Gasteiger partial charge is 0.366 e. The van der Waals surface area contributed by atoms with Gasteiger partial charge in [-0.05, 0) is 43.1 Å². The smallest absolute Gasteiger partial charge is 0.248 e. The number of benzene rings is 1. The summed E-state index contributed by atoms with van der Waals surface area (Å²) in [6.45, 7) is 1.08. The molecular weight excluding hydrogens is 262 g/mol. The topological polar surface area (TPSA) is 68.0 Å². The van der Waals surface area contributed by atoms with Crippen LogP contribution in [-0.4, -0.2) is 17.4 Å². The minimum atomic E-state index is -0.409. The molecule has 4 heteroatoms. The predicted molar refractivity (Wildman–Crippen MR) is 82.8 cm³/mol. The van der Waals surface area contributed by atoms with E-state index < -0.39 is 5.91 Å². The van der Waals surface area contributed by atoms with Gasteiger partial charge >= 0.3 is 0 Å². The minimum Gasteiger partial charge on any atom is -0.366 e. The molecule has 3 rings (SSSR count). The van der Waals surface area contributed by atoms with Crippen LogP contribution in [0.4, 0.5) is 0 Å². The number of pyridine rings is 1. The Morgan fingerprint density at radius 2 is 1.95 bits per heavy atom. The summed E-state index contributed by atoms with van der Waals surface area (Å²) in [5.74, 6) is -0.409. The van der Waals surface area contributed by atoms with Crippen LogP contribution in [0.25, 0.3) is 11.3 Å². The van der Waals surface area contributed by atoms with Crippen molar-refractivity contribution in [2.75, 3.05) is 6.54 Å². The Bertz CT molecular complexity index is 613. The van der Waals surface area contributed by atoms with Crippen molar-refractivity contribution >= 4 is 5.91 Å². The van der Waals surface area contributed by atoms with Gasteiger partial charge < -0.3 is 11.1 Å². The van der Waals surface area contributed by atoms with Crippen LogP contribution in [-0.2, 0) is 0 Å². The molecule has 21 heavy (non-hydrogen) atoms. The number of carbonyl (C=O) groups is 1. The molecule has 1 aliphatic heterocycles. The number of primary amides is 1. The highest BCUT2D eigenvalue weighted by Gasteiger charge is 2.14. The summed E-state index contributed by atoms with van der Waals surface area (Å²) >= 11 is 0. The first-order valence-corrected chi connectivity index (χ1v) is 7.33. The van der Waals surface area contributed by atoms with Gasteiger partial charge in [0.1, 0.15) is 0 Å². The van der Waals surface area contributed by atoms with E-state index in [-0.39, 0.29) is 0 Å². The molecule has 1 aromatic carbocycles. The molecular formula is C17H19N3O. The molecule has 0 saturated carbocycles. The van der Waals surface area contributed by atoms with Crippen molar-refractivity contribution in [2.24, 2.45) is 5.73 Å². The molecule has 108 valence electrons. The fourth-order valence-electron chi connectivity index (χ4n) is 2.72. The molecule has 1 saturated heterocycles. The maximum absolute atomic E-state index is 11.1. The van der Waals surface area contributed by atoms with Crippen molar-refractivity contribution in [3.63, 3.8) is 0 Å². The zero-order chi connectivity index (χ0) is 14.7. The SMILES string of the molecule is NC(=O)c1ccc(-c2ccc([C@@H]3CCCCN3)cn2)cc1. The molecule has 1 amide bonds. The highest BCUT2D eigenvalue weighted by atomic mass is 16.1. The van der Waals surface area contributed by atoms with Crippen LogP contribution in [0.3, 0.4) is 0 Å². The van der Waals surface area contributed by atoms with Crippen molar-refractivity contribution < 1.29 is 4.79 Å². The van der Waals surface area contributed by atoms with Crippen molar-refractivity contribution in [1.82, 2.24) is 10.3 Å². The van der Waals surface area contributed by atoms with Gasteiger partial charge in [0.2, 0.25) is 5.91 Å². The predicted octanol–water partition coefficient (Wildman–Crippen LogP) is 2.66. The number of nitrogens with zero attached hydrogens (tertiary/aromatic N) is 1. The third-order valence-corrected chi connectivity index (χ3v) is 3.96. The number of carbonyl (C=O) groups excluding carboxylic acids is 1. The Balaban J connectivity index is 1.78. The fraction of sp³-hybridized carbons (Fsp3) is 0.294. The van der Waals surface area contributed by atoms with Gasteiger partial charge in [-0.1, -0.05) is 24.6 Å². The molecule has 2 aromatic rings. The number of aromatic nitrogens is 1. The van der Waals surface area contributed by atoms with Gasteiger partial charge in [0.25, 0.3) is 0 Å². The van der Waals surface area contributed by atoms with E-state index >= 15 is 0 Å². The van der Waals surface area contributed by atoms with Crippen LogP contribution in [0, 0.1) is 0 Å². The quantitative estimate of drug-likeness (QED) is 0.908. The number of nitrogens with one attached hydrogen (secondary N) is 1. The zero-order valence-corrected chi connectivity index (χ0v) is 11.9. The number of piperidine rings is 1. The van der Waals surface area contributed by atoms with E-state index in [2.05, 4.69) is 16.4 Å². The first kappa shape index (κ1) is 13.8. The van der Waals surface area contributed by atoms with Gasteiger partial charge in [-0.15, -0.1) is 0 Å². The average Bonchev–Trinajstić information content (AvgIpc) is 2.56. The number of hydrogen-bond donors (Lipinski definition) is 2. The molecule has 1 fully saturated rings. The number of hydrogen-bond acceptors (Lipinski definition) is 3. The van der Waals surface area contributed by atoms with Crippen molar-refractivity contribution in [3.8, 4) is 11.3 Å². The maximum atomic E-state index is 11.1. The van der Waals surface area contributed by atoms with E-state index in [1.54, 1.807) is 12.1 Å². The molecule has 1 aliphatic rings. The Hall–Kier alpha value is -2.20. The van der Waals surface area contributed by atoms with E-state index in [0.29, 0.717) is 11.6 Å². The Kier molecular flexibility index (Phi) is 3.97. The molecule has 0 radical (unpaired) electrons. The van der Waals surface area contributed by atoms with Crippen LogP contribution in [0.1, 0.15) is 41.2 Å². The second kappa shape index (κ2) is 6.06. The van der Waals surface area contributed by atoms with E-state index in [1.165, 1.54) is 24.8 Å². The van der Waals surface area contributed by atoms with Gasteiger partial charge in [-0.25, -0.2) is 0 Å². The molecule has 0 spiro atoms. The summed E-state index contributed by atoms with van der Waals surface area (Å²) < 4.78 is 0. The van der Waals surface area contributed by atoms with Gasteiger partial charge in [0.15, 0.2) is 0 Å². The number of amides is 1. The molecule has 1 aromatic heterocycles. The van der Waals surface area contributed by atoms with Crippen LogP contribution in [0.15, 0.2) is 42.6 Å². The number of rotatable bonds is 3. The molecule has 1 atom stereocenters. The highest BCUT2D eigenvalue weighted by Crippen LogP contribution is 2.24. The third kappa shape index (κ3) is 3.11. The lowest BCUT2D eigenvalue weighted by atomic mass is 9.98. The Morgan fingerprint density at radius 3 is 2.52 bits per heavy atom. The van der Waals surface area contributed by atoms with Crippen molar-refractivity contribution in [2.45, 2.75) is 25.3 Å². The number of nitrogens with two attached hydrogens (primary N) is 1. The second-order valence-corrected chi connectivity index (χ2v) is 5.42. The van der Waals surface area contributed by atoms with E-state index in [4.69, 9.17) is 5.73 Å². The monoisotopic (exact) mass is 281 g/mol. The van der Waals surface area contributed by atoms with Crippen molar-refractivity contribution in [1.29, 1.82) is 0 Å². The summed E-state index contributed by atoms with van der Waals surface area (Å²) in [4.78, 5) is 15.6. The van der Waals surface area contributed by atoms with Crippen molar-refractivity contribution in [3.05, 3.63) is 53.7 Å². The van der Waals surface area contributed by atoms with Gasteiger partial charge in [-0.3, -0.25) is 9.78 Å². The van der Waals surface area contributed by atoms with E-state index in [9.17, 15) is 4.79 Å². The van der Waals surface area contributed by atoms with Crippen LogP contribution >= 0.6 is 0 Å². The molecule has 2 heterocycles. The summed E-state index contributed by atoms with van der Waals surface area (Å²) in [6.07, 6.45) is 5.65. The van der Waals surface area contributed by atoms with Gasteiger partial charge in [0, 0.05) is 23.4 Å². The van der Waals surface area contributed by atoms with Gasteiger partial charge in [-0.2, -0.15) is 0 Å². The molecule has 4 nitrogen and oxygen atoms in total. The van der Waals surface area contributed by atoms with Crippen LogP contribution in [0.2, 0.25) is 0 Å². The fourth-order valence-corrected chi connectivity index (χ4v) is 2.72. The highest BCUT2D eigenvalue weighted by molar-refractivity contribution is 5.93. The van der Waals surface area contributed by atoms with E-state index in [1.807, 2.05) is 24.4 Å². The summed E-state index contributed by atoms with van der Waals surface area (Å²) in [5.41, 5.74) is 8.90. The summed E-state index contributed by atoms with van der Waals surface area (Å²) in [6, 6.07) is 11.8. The maximum Gasteiger partial charge on any atom is 0.248 e. The molecule has 3 N–H and O–H groups in total. The lowest BCUT2D eigenvalue weighted by Crippen LogP contribution is -2.26. The van der Waals surface area contributed by atoms with E-state index in [0.717, 1.165) is 17.8 Å². The standard InChI is InChI=1S/C17H19N3O/c18-17(21)13-6-4-12(5-7-13)16-9-8-14(11-20-16)15-3-1-2-10-19-15/h4-9,11,15,19H,1-3,10H2,(H2,18,21)/t15-/m0/s1. The molecule has 0 unspecified atom stereocenters. The normalized spacial score (nSPS) is 18.4. The minimum absolute atomic E-state index is 0.409. The molecule has 0 aliphatic carbocycles. The lowest BCUT2D eigenvalue weighted by Gasteiger charge is -2.23. The Labute approximate surface area is 124 Å². The first-order chi connectivity index (χ1) is 10.2. The first-order valence-electron chi connectivity index (χ1n) is 7.33. The second-order valence-electron chi connectivity index (χ2n) is 5.42. The Morgan fingerprint density at radius 1 is 1.14 bits per heavy atom. The zero-order valence-electron chi connectivity index (χ0n) is 11.9. The molecule has 0 bridgehead atoms. The summed E-state index contributed by atoms with van der Waals surface area (Å²) in [5, 5.41) is 3.52. The van der Waals surface area contributed by atoms with Crippen LogP contribution < -0.4 is 11.1 Å².